The van der Waals surface area contributed by atoms with E-state index in [-0.39, 0.29) is 17.0 Å². The van der Waals surface area contributed by atoms with Crippen molar-refractivity contribution < 1.29 is 0 Å². The molecule has 0 unspecified atom stereocenters. The molecular weight excluding hydrogens is 234 g/mol. The monoisotopic (exact) mass is 251 g/mol. The van der Waals surface area contributed by atoms with Crippen LogP contribution in [0.5, 0.6) is 0 Å². The molecule has 0 aliphatic rings. The second-order valence-electron chi connectivity index (χ2n) is 5.51. The van der Waals surface area contributed by atoms with Crippen LogP contribution in [0.15, 0.2) is 11.1 Å². The highest BCUT2D eigenvalue weighted by atomic mass is 32.1. The Morgan fingerprint density at radius 2 is 2.00 bits per heavy atom. The molecule has 0 amide bonds. The third-order valence-corrected chi connectivity index (χ3v) is 3.44. The highest BCUT2D eigenvalue weighted by Crippen LogP contribution is 2.28. The van der Waals surface area contributed by atoms with Crippen LogP contribution in [0.25, 0.3) is 10.2 Å². The van der Waals surface area contributed by atoms with Crippen LogP contribution in [0, 0.1) is 0 Å². The lowest BCUT2D eigenvalue weighted by Crippen LogP contribution is -2.24. The second-order valence-corrected chi connectivity index (χ2v) is 6.26. The maximum atomic E-state index is 12.4. The van der Waals surface area contributed by atoms with Crippen molar-refractivity contribution in [1.82, 2.24) is 13.9 Å². The summed E-state index contributed by atoms with van der Waals surface area (Å²) in [7, 11) is 0. The fourth-order valence-electron chi connectivity index (χ4n) is 1.74. The van der Waals surface area contributed by atoms with E-state index in [0.717, 1.165) is 10.5 Å². The average Bonchev–Trinajstić information content (AvgIpc) is 2.61. The number of fused-ring (bicyclic) bond motifs is 1. The quantitative estimate of drug-likeness (QED) is 0.783. The number of rotatable bonds is 1. The van der Waals surface area contributed by atoms with E-state index in [2.05, 4.69) is 30.1 Å². The van der Waals surface area contributed by atoms with Crippen molar-refractivity contribution in [1.29, 1.82) is 0 Å². The Balaban J connectivity index is 2.83. The van der Waals surface area contributed by atoms with Gasteiger partial charge in [-0.2, -0.15) is 4.37 Å². The van der Waals surface area contributed by atoms with Crippen molar-refractivity contribution in [2.45, 2.75) is 46.1 Å². The SMILES string of the molecule is CC(C)n1cnc2snc(C(C)(C)C)c2c1=O. The molecule has 2 heterocycles. The molecule has 0 bridgehead atoms. The standard InChI is InChI=1S/C12H17N3OS/c1-7(2)15-6-13-10-8(11(15)16)9(14-17-10)12(3,4)5/h6-7H,1-5H3. The molecule has 2 aromatic heterocycles. The molecule has 17 heavy (non-hydrogen) atoms. The predicted octanol–water partition coefficient (Wildman–Crippen LogP) is 2.73. The Morgan fingerprint density at radius 1 is 1.35 bits per heavy atom. The fraction of sp³-hybridized carbons (Fsp3) is 0.583. The fourth-order valence-corrected chi connectivity index (χ4v) is 2.65. The molecule has 0 N–H and O–H groups in total. The Kier molecular flexibility index (Phi) is 2.81. The molecule has 0 aliphatic carbocycles. The highest BCUT2D eigenvalue weighted by molar-refractivity contribution is 7.12. The minimum absolute atomic E-state index is 0.0173. The van der Waals surface area contributed by atoms with E-state index >= 15 is 0 Å². The van der Waals surface area contributed by atoms with E-state index in [1.807, 2.05) is 13.8 Å². The summed E-state index contributed by atoms with van der Waals surface area (Å²) in [6, 6.07) is 0.118. The third kappa shape index (κ3) is 1.99. The lowest BCUT2D eigenvalue weighted by molar-refractivity contribution is 0.564. The lowest BCUT2D eigenvalue weighted by Gasteiger charge is -2.16. The van der Waals surface area contributed by atoms with Crippen molar-refractivity contribution in [3.8, 4) is 0 Å². The Labute approximate surface area is 104 Å². The van der Waals surface area contributed by atoms with Gasteiger partial charge in [0.2, 0.25) is 0 Å². The molecule has 0 saturated carbocycles. The summed E-state index contributed by atoms with van der Waals surface area (Å²) in [5.74, 6) is 0. The van der Waals surface area contributed by atoms with Crippen LogP contribution in [-0.2, 0) is 5.41 Å². The van der Waals surface area contributed by atoms with Gasteiger partial charge in [0.15, 0.2) is 4.83 Å². The smallest absolute Gasteiger partial charge is 0.264 e. The molecule has 4 nitrogen and oxygen atoms in total. The molecule has 2 rings (SSSR count). The minimum Gasteiger partial charge on any atom is -0.296 e. The number of hydrogen-bond donors (Lipinski definition) is 0. The molecule has 92 valence electrons. The minimum atomic E-state index is -0.130. The van der Waals surface area contributed by atoms with Crippen LogP contribution in [0.4, 0.5) is 0 Å². The van der Waals surface area contributed by atoms with Gasteiger partial charge in [0.05, 0.1) is 12.0 Å². The first-order chi connectivity index (χ1) is 7.82. The van der Waals surface area contributed by atoms with E-state index < -0.39 is 0 Å². The van der Waals surface area contributed by atoms with Gasteiger partial charge in [-0.05, 0) is 25.4 Å². The largest absolute Gasteiger partial charge is 0.296 e. The van der Waals surface area contributed by atoms with Crippen molar-refractivity contribution in [3.63, 3.8) is 0 Å². The van der Waals surface area contributed by atoms with Gasteiger partial charge in [-0.25, -0.2) is 4.98 Å². The molecule has 2 aromatic rings. The van der Waals surface area contributed by atoms with Crippen LogP contribution < -0.4 is 5.56 Å². The van der Waals surface area contributed by atoms with Crippen LogP contribution in [0.1, 0.15) is 46.4 Å². The summed E-state index contributed by atoms with van der Waals surface area (Å²) < 4.78 is 6.05. The number of aromatic nitrogens is 3. The van der Waals surface area contributed by atoms with Gasteiger partial charge >= 0.3 is 0 Å². The summed E-state index contributed by atoms with van der Waals surface area (Å²) in [5.41, 5.74) is 0.739. The van der Waals surface area contributed by atoms with Gasteiger partial charge in [-0.3, -0.25) is 9.36 Å². The second kappa shape index (κ2) is 3.91. The average molecular weight is 251 g/mol. The molecule has 0 saturated heterocycles. The van der Waals surface area contributed by atoms with E-state index in [1.165, 1.54) is 11.5 Å². The maximum absolute atomic E-state index is 12.4. The van der Waals surface area contributed by atoms with Gasteiger partial charge in [-0.1, -0.05) is 20.8 Å². The van der Waals surface area contributed by atoms with Crippen LogP contribution in [0.3, 0.4) is 0 Å². The van der Waals surface area contributed by atoms with Gasteiger partial charge in [0.25, 0.3) is 5.56 Å². The zero-order valence-electron chi connectivity index (χ0n) is 10.8. The molecule has 5 heteroatoms. The van der Waals surface area contributed by atoms with Crippen LogP contribution >= 0.6 is 11.5 Å². The highest BCUT2D eigenvalue weighted by Gasteiger charge is 2.24. The zero-order chi connectivity index (χ0) is 12.8. The van der Waals surface area contributed by atoms with Crippen molar-refractivity contribution in [2.75, 3.05) is 0 Å². The summed E-state index contributed by atoms with van der Waals surface area (Å²) in [4.78, 5) is 17.4. The summed E-state index contributed by atoms with van der Waals surface area (Å²) in [6.07, 6.45) is 1.61. The molecular formula is C12H17N3OS. The van der Waals surface area contributed by atoms with E-state index in [0.29, 0.717) is 5.39 Å². The first kappa shape index (κ1) is 12.2. The summed E-state index contributed by atoms with van der Waals surface area (Å²) in [5, 5.41) is 0.679. The van der Waals surface area contributed by atoms with Gasteiger partial charge in [0.1, 0.15) is 5.39 Å². The molecule has 0 fully saturated rings. The lowest BCUT2D eigenvalue weighted by atomic mass is 9.91. The molecule has 0 aromatic carbocycles. The van der Waals surface area contributed by atoms with Crippen molar-refractivity contribution >= 4 is 21.7 Å². The predicted molar refractivity (Wildman–Crippen MR) is 70.8 cm³/mol. The first-order valence-corrected chi connectivity index (χ1v) is 6.46. The maximum Gasteiger partial charge on any atom is 0.264 e. The van der Waals surface area contributed by atoms with Crippen molar-refractivity contribution in [3.05, 3.63) is 22.4 Å². The summed E-state index contributed by atoms with van der Waals surface area (Å²) in [6.45, 7) is 10.1. The molecule has 0 atom stereocenters. The van der Waals surface area contributed by atoms with Crippen LogP contribution in [0.2, 0.25) is 0 Å². The molecule has 0 radical (unpaired) electrons. The number of hydrogen-bond acceptors (Lipinski definition) is 4. The summed E-state index contributed by atoms with van der Waals surface area (Å²) >= 11 is 1.30. The Morgan fingerprint density at radius 3 is 2.53 bits per heavy atom. The first-order valence-electron chi connectivity index (χ1n) is 5.69. The van der Waals surface area contributed by atoms with Gasteiger partial charge in [-0.15, -0.1) is 0 Å². The normalized spacial score (nSPS) is 12.6. The van der Waals surface area contributed by atoms with E-state index in [9.17, 15) is 4.79 Å². The Hall–Kier alpha value is -1.23. The van der Waals surface area contributed by atoms with E-state index in [1.54, 1.807) is 10.9 Å². The van der Waals surface area contributed by atoms with Gasteiger partial charge < -0.3 is 0 Å². The topological polar surface area (TPSA) is 47.8 Å². The van der Waals surface area contributed by atoms with Gasteiger partial charge in [0, 0.05) is 11.5 Å². The van der Waals surface area contributed by atoms with Crippen molar-refractivity contribution in [2.24, 2.45) is 0 Å². The number of nitrogens with zero attached hydrogens (tertiary/aromatic N) is 3. The third-order valence-electron chi connectivity index (χ3n) is 2.69. The molecule has 0 spiro atoms. The zero-order valence-corrected chi connectivity index (χ0v) is 11.6. The van der Waals surface area contributed by atoms with E-state index in [4.69, 9.17) is 0 Å². The van der Waals surface area contributed by atoms with Crippen LogP contribution in [-0.4, -0.2) is 13.9 Å². The molecule has 0 aliphatic heterocycles. The Bertz CT molecular complexity index is 604.